The molecule has 0 amide bonds. The summed E-state index contributed by atoms with van der Waals surface area (Å²) < 4.78 is 0. The third kappa shape index (κ3) is 2.85. The maximum atomic E-state index is 10.8. The largest absolute Gasteiger partial charge is 0.387 e. The molecular weight excluding hydrogens is 284 g/mol. The van der Waals surface area contributed by atoms with Gasteiger partial charge in [-0.2, -0.15) is 23.5 Å². The zero-order chi connectivity index (χ0) is 13.9. The first-order chi connectivity index (χ1) is 9.79. The van der Waals surface area contributed by atoms with Crippen LogP contribution >= 0.6 is 23.5 Å². The van der Waals surface area contributed by atoms with Crippen molar-refractivity contribution in [2.75, 3.05) is 11.5 Å². The van der Waals surface area contributed by atoms with Gasteiger partial charge in [-0.05, 0) is 28.8 Å². The molecule has 0 bridgehead atoms. The Morgan fingerprint density at radius 1 is 1.10 bits per heavy atom. The van der Waals surface area contributed by atoms with Gasteiger partial charge in [-0.3, -0.25) is 0 Å². The average Bonchev–Trinajstić information content (AvgIpc) is 2.53. The summed E-state index contributed by atoms with van der Waals surface area (Å²) in [6.45, 7) is 2.23. The summed E-state index contributed by atoms with van der Waals surface area (Å²) in [5.41, 5.74) is 1.06. The van der Waals surface area contributed by atoms with Gasteiger partial charge in [-0.15, -0.1) is 0 Å². The Morgan fingerprint density at radius 3 is 2.65 bits per heavy atom. The summed E-state index contributed by atoms with van der Waals surface area (Å²) in [6.07, 6.45) is 0.773. The maximum Gasteiger partial charge on any atom is 0.0919 e. The van der Waals surface area contributed by atoms with E-state index < -0.39 is 0 Å². The Kier molecular flexibility index (Phi) is 4.59. The minimum atomic E-state index is -0.359. The third-order valence-corrected chi connectivity index (χ3v) is 7.26. The lowest BCUT2D eigenvalue weighted by atomic mass is 9.99. The second-order valence-corrected chi connectivity index (χ2v) is 7.84. The first-order valence-corrected chi connectivity index (χ1v) is 9.29. The SMILES string of the molecule is CCC1SCCSC1C(O)c1ccc2ccccc2c1. The number of thioether (sulfide) groups is 2. The molecule has 1 aliphatic rings. The quantitative estimate of drug-likeness (QED) is 0.901. The predicted octanol–water partition coefficient (Wildman–Crippen LogP) is 4.50. The van der Waals surface area contributed by atoms with Gasteiger partial charge in [0.25, 0.3) is 0 Å². The first-order valence-electron chi connectivity index (χ1n) is 7.19. The molecule has 0 aliphatic carbocycles. The molecular formula is C17H20OS2. The predicted molar refractivity (Wildman–Crippen MR) is 91.7 cm³/mol. The lowest BCUT2D eigenvalue weighted by molar-refractivity contribution is 0.172. The van der Waals surface area contributed by atoms with Crippen molar-refractivity contribution < 1.29 is 5.11 Å². The highest BCUT2D eigenvalue weighted by Crippen LogP contribution is 2.40. The highest BCUT2D eigenvalue weighted by Gasteiger charge is 2.31. The van der Waals surface area contributed by atoms with Crippen molar-refractivity contribution in [2.24, 2.45) is 0 Å². The van der Waals surface area contributed by atoms with E-state index in [2.05, 4.69) is 49.4 Å². The number of benzene rings is 2. The van der Waals surface area contributed by atoms with Gasteiger partial charge in [-0.25, -0.2) is 0 Å². The molecule has 0 spiro atoms. The Labute approximate surface area is 129 Å². The van der Waals surface area contributed by atoms with Gasteiger partial charge in [0.05, 0.1) is 6.10 Å². The number of rotatable bonds is 3. The summed E-state index contributed by atoms with van der Waals surface area (Å²) in [5, 5.41) is 14.1. The van der Waals surface area contributed by atoms with Crippen LogP contribution in [-0.2, 0) is 0 Å². The second-order valence-electron chi connectivity index (χ2n) is 5.20. The molecule has 1 nitrogen and oxygen atoms in total. The lowest BCUT2D eigenvalue weighted by Gasteiger charge is -2.33. The van der Waals surface area contributed by atoms with Crippen molar-refractivity contribution in [3.05, 3.63) is 48.0 Å². The summed E-state index contributed by atoms with van der Waals surface area (Å²) in [6, 6.07) is 14.7. The normalized spacial score (nSPS) is 24.7. The summed E-state index contributed by atoms with van der Waals surface area (Å²) in [4.78, 5) is 0. The van der Waals surface area contributed by atoms with Crippen LogP contribution in [0.3, 0.4) is 0 Å². The molecule has 0 saturated carbocycles. The van der Waals surface area contributed by atoms with Crippen molar-refractivity contribution in [2.45, 2.75) is 29.9 Å². The molecule has 3 rings (SSSR count). The van der Waals surface area contributed by atoms with Gasteiger partial charge in [0.2, 0.25) is 0 Å². The van der Waals surface area contributed by atoms with Crippen LogP contribution in [0.15, 0.2) is 42.5 Å². The summed E-state index contributed by atoms with van der Waals surface area (Å²) >= 11 is 3.95. The van der Waals surface area contributed by atoms with E-state index in [1.165, 1.54) is 16.5 Å². The molecule has 2 aromatic rings. The van der Waals surface area contributed by atoms with Crippen LogP contribution in [0.4, 0.5) is 0 Å². The van der Waals surface area contributed by atoms with Crippen LogP contribution in [0.1, 0.15) is 25.0 Å². The first kappa shape index (κ1) is 14.3. The van der Waals surface area contributed by atoms with Crippen LogP contribution in [0.25, 0.3) is 10.8 Å². The van der Waals surface area contributed by atoms with Crippen LogP contribution < -0.4 is 0 Å². The zero-order valence-corrected chi connectivity index (χ0v) is 13.3. The minimum Gasteiger partial charge on any atom is -0.387 e. The fourth-order valence-electron chi connectivity index (χ4n) is 2.81. The van der Waals surface area contributed by atoms with Gasteiger partial charge >= 0.3 is 0 Å². The van der Waals surface area contributed by atoms with Gasteiger partial charge in [-0.1, -0.05) is 43.3 Å². The fourth-order valence-corrected chi connectivity index (χ4v) is 5.95. The Hall–Kier alpha value is -0.640. The molecule has 0 radical (unpaired) electrons. The molecule has 1 heterocycles. The van der Waals surface area contributed by atoms with Gasteiger partial charge in [0.15, 0.2) is 0 Å². The molecule has 3 unspecified atom stereocenters. The van der Waals surface area contributed by atoms with Gasteiger partial charge < -0.3 is 5.11 Å². The standard InChI is InChI=1S/C17H20OS2/c1-2-15-17(20-10-9-19-15)16(18)14-8-7-12-5-3-4-6-13(12)11-14/h3-8,11,15-18H,2,9-10H2,1H3. The summed E-state index contributed by atoms with van der Waals surface area (Å²) in [5.74, 6) is 2.36. The van der Waals surface area contributed by atoms with Crippen molar-refractivity contribution in [1.29, 1.82) is 0 Å². The Morgan fingerprint density at radius 2 is 1.85 bits per heavy atom. The topological polar surface area (TPSA) is 20.2 Å². The zero-order valence-electron chi connectivity index (χ0n) is 11.7. The molecule has 2 aromatic carbocycles. The monoisotopic (exact) mass is 304 g/mol. The van der Waals surface area contributed by atoms with E-state index >= 15 is 0 Å². The van der Waals surface area contributed by atoms with Crippen molar-refractivity contribution in [3.8, 4) is 0 Å². The Bertz CT molecular complexity index is 584. The number of aliphatic hydroxyl groups is 1. The molecule has 20 heavy (non-hydrogen) atoms. The molecule has 106 valence electrons. The molecule has 1 N–H and O–H groups in total. The molecule has 3 atom stereocenters. The van der Waals surface area contributed by atoms with Crippen LogP contribution in [0, 0.1) is 0 Å². The average molecular weight is 304 g/mol. The number of aliphatic hydroxyl groups excluding tert-OH is 1. The minimum absolute atomic E-state index is 0.319. The van der Waals surface area contributed by atoms with E-state index in [4.69, 9.17) is 0 Å². The lowest BCUT2D eigenvalue weighted by Crippen LogP contribution is -2.31. The third-order valence-electron chi connectivity index (χ3n) is 3.92. The Balaban J connectivity index is 1.89. The van der Waals surface area contributed by atoms with Gasteiger partial charge in [0.1, 0.15) is 0 Å². The van der Waals surface area contributed by atoms with Crippen LogP contribution in [-0.4, -0.2) is 27.1 Å². The number of hydrogen-bond acceptors (Lipinski definition) is 3. The van der Waals surface area contributed by atoms with Crippen molar-refractivity contribution >= 4 is 34.3 Å². The van der Waals surface area contributed by atoms with E-state index in [9.17, 15) is 5.11 Å². The highest BCUT2D eigenvalue weighted by atomic mass is 32.2. The molecule has 0 aromatic heterocycles. The molecule has 1 fully saturated rings. The fraction of sp³-hybridized carbons (Fsp3) is 0.412. The van der Waals surface area contributed by atoms with Crippen molar-refractivity contribution in [3.63, 3.8) is 0 Å². The van der Waals surface area contributed by atoms with Crippen molar-refractivity contribution in [1.82, 2.24) is 0 Å². The maximum absolute atomic E-state index is 10.8. The number of hydrogen-bond donors (Lipinski definition) is 1. The molecule has 3 heteroatoms. The van der Waals surface area contributed by atoms with E-state index in [0.717, 1.165) is 17.7 Å². The van der Waals surface area contributed by atoms with E-state index in [1.54, 1.807) is 0 Å². The second kappa shape index (κ2) is 6.42. The van der Waals surface area contributed by atoms with E-state index in [-0.39, 0.29) is 6.10 Å². The summed E-state index contributed by atoms with van der Waals surface area (Å²) in [7, 11) is 0. The smallest absolute Gasteiger partial charge is 0.0919 e. The van der Waals surface area contributed by atoms with Crippen LogP contribution in [0.2, 0.25) is 0 Å². The van der Waals surface area contributed by atoms with E-state index in [0.29, 0.717) is 10.5 Å². The molecule has 1 saturated heterocycles. The number of fused-ring (bicyclic) bond motifs is 1. The van der Waals surface area contributed by atoms with E-state index in [1.807, 2.05) is 23.5 Å². The van der Waals surface area contributed by atoms with Crippen LogP contribution in [0.5, 0.6) is 0 Å². The molecule has 1 aliphatic heterocycles. The van der Waals surface area contributed by atoms with Gasteiger partial charge in [0, 0.05) is 22.0 Å². The highest BCUT2D eigenvalue weighted by molar-refractivity contribution is 8.07.